The van der Waals surface area contributed by atoms with Crippen LogP contribution in [0.5, 0.6) is 5.75 Å². The van der Waals surface area contributed by atoms with Crippen LogP contribution >= 0.6 is 0 Å². The van der Waals surface area contributed by atoms with Crippen molar-refractivity contribution in [1.29, 1.82) is 0 Å². The van der Waals surface area contributed by atoms with E-state index in [1.807, 2.05) is 73.7 Å². The van der Waals surface area contributed by atoms with Crippen molar-refractivity contribution in [2.24, 2.45) is 0 Å². The molecule has 0 fully saturated rings. The monoisotopic (exact) mass is 758 g/mol. The number of anilines is 1. The minimum atomic E-state index is -3.78. The van der Waals surface area contributed by atoms with Crippen LogP contribution in [0.25, 0.3) is 0 Å². The van der Waals surface area contributed by atoms with Crippen LogP contribution in [0.15, 0.2) is 103 Å². The van der Waals surface area contributed by atoms with E-state index in [2.05, 4.69) is 10.6 Å². The maximum atomic E-state index is 14.1. The van der Waals surface area contributed by atoms with Gasteiger partial charge in [-0.3, -0.25) is 13.9 Å². The van der Waals surface area contributed by atoms with Crippen molar-refractivity contribution < 1.29 is 37.4 Å². The fourth-order valence-electron chi connectivity index (χ4n) is 5.63. The third kappa shape index (κ3) is 12.1. The van der Waals surface area contributed by atoms with Crippen LogP contribution in [-0.4, -0.2) is 81.0 Å². The predicted octanol–water partition coefficient (Wildman–Crippen LogP) is 5.72. The highest BCUT2D eigenvalue weighted by molar-refractivity contribution is 7.92. The van der Waals surface area contributed by atoms with Gasteiger partial charge >= 0.3 is 6.09 Å². The molecular formula is C41H50N4O8S. The van der Waals surface area contributed by atoms with Crippen molar-refractivity contribution in [2.75, 3.05) is 31.3 Å². The molecule has 288 valence electrons. The summed E-state index contributed by atoms with van der Waals surface area (Å²) in [4.78, 5) is 42.6. The van der Waals surface area contributed by atoms with Crippen molar-refractivity contribution in [2.45, 2.75) is 64.4 Å². The van der Waals surface area contributed by atoms with E-state index in [0.717, 1.165) is 27.3 Å². The smallest absolute Gasteiger partial charge is 0.410 e. The number of sulfonamides is 1. The van der Waals surface area contributed by atoms with Gasteiger partial charge in [-0.2, -0.15) is 0 Å². The lowest BCUT2D eigenvalue weighted by atomic mass is 9.99. The molecule has 0 radical (unpaired) electrons. The summed E-state index contributed by atoms with van der Waals surface area (Å²) in [5, 5.41) is 17.6. The third-order valence-electron chi connectivity index (χ3n) is 8.60. The summed E-state index contributed by atoms with van der Waals surface area (Å²) in [6, 6.07) is 28.5. The molecular weight excluding hydrogens is 709 g/mol. The summed E-state index contributed by atoms with van der Waals surface area (Å²) in [6.45, 7) is 6.92. The molecule has 3 atom stereocenters. The number of nitrogens with zero attached hydrogens (tertiary/aromatic N) is 2. The number of aliphatic hydroxyl groups is 1. The van der Waals surface area contributed by atoms with Gasteiger partial charge in [0.25, 0.3) is 11.8 Å². The number of nitrogens with one attached hydrogen (secondary N) is 2. The van der Waals surface area contributed by atoms with Gasteiger partial charge in [0.1, 0.15) is 11.4 Å². The minimum Gasteiger partial charge on any atom is -0.497 e. The molecule has 4 rings (SSSR count). The number of aliphatic hydroxyl groups excluding tert-OH is 1. The molecule has 3 unspecified atom stereocenters. The van der Waals surface area contributed by atoms with Gasteiger partial charge in [-0.15, -0.1) is 0 Å². The van der Waals surface area contributed by atoms with Gasteiger partial charge in [0.05, 0.1) is 43.8 Å². The summed E-state index contributed by atoms with van der Waals surface area (Å²) in [7, 11) is -0.904. The molecule has 0 saturated heterocycles. The van der Waals surface area contributed by atoms with Gasteiger partial charge in [0.2, 0.25) is 10.0 Å². The normalized spacial score (nSPS) is 13.2. The number of carbonyl (C=O) groups excluding carboxylic acids is 3. The number of amides is 3. The molecule has 0 saturated carbocycles. The highest BCUT2D eigenvalue weighted by Gasteiger charge is 2.30. The SMILES string of the molecule is COc1cccc(CN(CC(O)C(Cc2ccccc2)NC(=O)c2cc(C(=O)NC(C)c3ccccc3)cc(N(C)S(C)(=O)=O)c2)C(=O)OC(C)(C)C)c1. The van der Waals surface area contributed by atoms with Gasteiger partial charge in [-0.25, -0.2) is 13.2 Å². The van der Waals surface area contributed by atoms with Crippen LogP contribution in [0, 0.1) is 0 Å². The lowest BCUT2D eigenvalue weighted by Crippen LogP contribution is -2.51. The van der Waals surface area contributed by atoms with E-state index in [4.69, 9.17) is 9.47 Å². The minimum absolute atomic E-state index is 0.00819. The first kappa shape index (κ1) is 41.4. The second-order valence-electron chi connectivity index (χ2n) is 14.2. The predicted molar refractivity (Wildman–Crippen MR) is 209 cm³/mol. The van der Waals surface area contributed by atoms with Crippen LogP contribution in [0.3, 0.4) is 0 Å². The summed E-state index contributed by atoms with van der Waals surface area (Å²) >= 11 is 0. The summed E-state index contributed by atoms with van der Waals surface area (Å²) in [6.07, 6.45) is -0.764. The van der Waals surface area contributed by atoms with E-state index >= 15 is 0 Å². The standard InChI is InChI=1S/C41H50N4O8S/c1-28(31-18-12-9-13-19-31)42-38(47)32-23-33(25-34(24-32)44(5)54(7,50)51)39(48)43-36(22-29-15-10-8-11-16-29)37(46)27-45(40(49)53-41(2,3)4)26-30-17-14-20-35(21-30)52-6/h8-21,23-25,28,36-37,46H,22,26-27H2,1-7H3,(H,42,47)(H,43,48). The Morgan fingerprint density at radius 3 is 1.96 bits per heavy atom. The van der Waals surface area contributed by atoms with Crippen LogP contribution in [0.4, 0.5) is 10.5 Å². The maximum absolute atomic E-state index is 14.1. The highest BCUT2D eigenvalue weighted by atomic mass is 32.2. The van der Waals surface area contributed by atoms with E-state index in [0.29, 0.717) is 5.75 Å². The number of rotatable bonds is 15. The zero-order chi connectivity index (χ0) is 39.6. The Kier molecular flexibility index (Phi) is 13.9. The fourth-order valence-corrected chi connectivity index (χ4v) is 6.12. The zero-order valence-corrected chi connectivity index (χ0v) is 32.6. The maximum Gasteiger partial charge on any atom is 0.410 e. The Morgan fingerprint density at radius 2 is 1.39 bits per heavy atom. The Balaban J connectivity index is 1.68. The van der Waals surface area contributed by atoms with E-state index < -0.39 is 45.7 Å². The Morgan fingerprint density at radius 1 is 0.815 bits per heavy atom. The van der Waals surface area contributed by atoms with Crippen molar-refractivity contribution in [3.63, 3.8) is 0 Å². The van der Waals surface area contributed by atoms with Gasteiger partial charge in [0, 0.05) is 24.7 Å². The second kappa shape index (κ2) is 18.1. The van der Waals surface area contributed by atoms with Crippen LogP contribution < -0.4 is 19.7 Å². The van der Waals surface area contributed by atoms with E-state index in [1.54, 1.807) is 46.1 Å². The first-order valence-electron chi connectivity index (χ1n) is 17.5. The molecule has 4 aromatic rings. The number of benzene rings is 4. The summed E-state index contributed by atoms with van der Waals surface area (Å²) in [5.74, 6) is -0.589. The van der Waals surface area contributed by atoms with Gasteiger partial charge in [-0.1, -0.05) is 72.8 Å². The molecule has 0 bridgehead atoms. The van der Waals surface area contributed by atoms with E-state index in [9.17, 15) is 27.9 Å². The van der Waals surface area contributed by atoms with Gasteiger partial charge in [-0.05, 0) is 81.1 Å². The quantitative estimate of drug-likeness (QED) is 0.139. The third-order valence-corrected chi connectivity index (χ3v) is 9.80. The molecule has 0 aliphatic rings. The lowest BCUT2D eigenvalue weighted by Gasteiger charge is -2.32. The molecule has 0 aliphatic heterocycles. The first-order valence-corrected chi connectivity index (χ1v) is 19.4. The Bertz CT molecular complexity index is 2000. The Labute approximate surface area is 318 Å². The molecule has 0 spiro atoms. The number of methoxy groups -OCH3 is 1. The molecule has 13 heteroatoms. The highest BCUT2D eigenvalue weighted by Crippen LogP contribution is 2.23. The zero-order valence-electron chi connectivity index (χ0n) is 31.8. The lowest BCUT2D eigenvalue weighted by molar-refractivity contribution is 0.00836. The fraction of sp³-hybridized carbons (Fsp3) is 0.341. The van der Waals surface area contributed by atoms with Crippen LogP contribution in [0.1, 0.15) is 71.1 Å². The molecule has 0 aromatic heterocycles. The molecule has 3 amide bonds. The number of hydrogen-bond donors (Lipinski definition) is 3. The average molecular weight is 759 g/mol. The average Bonchev–Trinajstić information content (AvgIpc) is 3.13. The van der Waals surface area contributed by atoms with Gasteiger partial charge in [0.15, 0.2) is 0 Å². The topological polar surface area (TPSA) is 155 Å². The van der Waals surface area contributed by atoms with Crippen molar-refractivity contribution in [1.82, 2.24) is 15.5 Å². The van der Waals surface area contributed by atoms with E-state index in [1.165, 1.54) is 30.1 Å². The number of ether oxygens (including phenoxy) is 2. The molecule has 0 heterocycles. The number of hydrogen-bond acceptors (Lipinski definition) is 8. The summed E-state index contributed by atoms with van der Waals surface area (Å²) < 4.78 is 37.2. The molecule has 3 N–H and O–H groups in total. The molecule has 0 aliphatic carbocycles. The van der Waals surface area contributed by atoms with Gasteiger partial charge < -0.3 is 30.1 Å². The van der Waals surface area contributed by atoms with Crippen molar-refractivity contribution >= 4 is 33.6 Å². The first-order chi connectivity index (χ1) is 25.4. The largest absolute Gasteiger partial charge is 0.497 e. The van der Waals surface area contributed by atoms with E-state index in [-0.39, 0.29) is 42.4 Å². The molecule has 12 nitrogen and oxygen atoms in total. The molecule has 4 aromatic carbocycles. The number of carbonyl (C=O) groups is 3. The van der Waals surface area contributed by atoms with Crippen LogP contribution in [-0.2, 0) is 27.7 Å². The van der Waals surface area contributed by atoms with Crippen LogP contribution in [0.2, 0.25) is 0 Å². The molecule has 54 heavy (non-hydrogen) atoms. The van der Waals surface area contributed by atoms with Crippen molar-refractivity contribution in [3.05, 3.63) is 131 Å². The Hall–Kier alpha value is -5.40. The summed E-state index contributed by atoms with van der Waals surface area (Å²) in [5.41, 5.74) is 1.72. The second-order valence-corrected chi connectivity index (χ2v) is 16.2. The van der Waals surface area contributed by atoms with Crippen molar-refractivity contribution in [3.8, 4) is 5.75 Å².